The zero-order valence-corrected chi connectivity index (χ0v) is 15.1. The first-order chi connectivity index (χ1) is 14.2. The van der Waals surface area contributed by atoms with Crippen LogP contribution in [0.1, 0.15) is 16.1 Å². The standard InChI is InChI=1S/C20H15FN6O2/c21-15-3-5-16(6-4-15)27-12-17(25-26-27)20(28)24-19-18(2-1-9-23-19)29-13-14-7-10-22-11-8-14/h1-12H,13H2,(H,23,24,28). The summed E-state index contributed by atoms with van der Waals surface area (Å²) in [4.78, 5) is 20.7. The Morgan fingerprint density at radius 3 is 2.66 bits per heavy atom. The van der Waals surface area contributed by atoms with Crippen LogP contribution in [-0.4, -0.2) is 30.9 Å². The number of nitrogens with zero attached hydrogens (tertiary/aromatic N) is 5. The summed E-state index contributed by atoms with van der Waals surface area (Å²) in [7, 11) is 0. The molecule has 4 rings (SSSR count). The van der Waals surface area contributed by atoms with E-state index in [0.717, 1.165) is 5.56 Å². The average Bonchev–Trinajstić information content (AvgIpc) is 3.25. The van der Waals surface area contributed by atoms with E-state index in [4.69, 9.17) is 4.74 Å². The Hall–Kier alpha value is -4.14. The lowest BCUT2D eigenvalue weighted by Crippen LogP contribution is -2.14. The molecule has 0 unspecified atom stereocenters. The summed E-state index contributed by atoms with van der Waals surface area (Å²) < 4.78 is 20.2. The van der Waals surface area contributed by atoms with Gasteiger partial charge >= 0.3 is 0 Å². The van der Waals surface area contributed by atoms with Gasteiger partial charge in [-0.15, -0.1) is 5.10 Å². The highest BCUT2D eigenvalue weighted by Crippen LogP contribution is 2.22. The Kier molecular flexibility index (Phi) is 5.19. The summed E-state index contributed by atoms with van der Waals surface area (Å²) in [5.74, 6) is -0.168. The van der Waals surface area contributed by atoms with Gasteiger partial charge in [0, 0.05) is 18.6 Å². The van der Waals surface area contributed by atoms with Crippen molar-refractivity contribution < 1.29 is 13.9 Å². The van der Waals surface area contributed by atoms with Gasteiger partial charge in [-0.05, 0) is 54.1 Å². The number of ether oxygens (including phenoxy) is 1. The molecule has 0 aliphatic heterocycles. The molecule has 8 nitrogen and oxygen atoms in total. The Labute approximate surface area is 165 Å². The molecule has 1 N–H and O–H groups in total. The lowest BCUT2D eigenvalue weighted by atomic mass is 10.3. The summed E-state index contributed by atoms with van der Waals surface area (Å²) in [5, 5.41) is 10.4. The lowest BCUT2D eigenvalue weighted by molar-refractivity contribution is 0.102. The number of anilines is 1. The van der Waals surface area contributed by atoms with Gasteiger partial charge in [0.25, 0.3) is 5.91 Å². The van der Waals surface area contributed by atoms with E-state index < -0.39 is 5.91 Å². The number of halogens is 1. The van der Waals surface area contributed by atoms with E-state index in [0.29, 0.717) is 18.0 Å². The van der Waals surface area contributed by atoms with Crippen LogP contribution in [0, 0.1) is 5.82 Å². The van der Waals surface area contributed by atoms with Gasteiger partial charge in [0.1, 0.15) is 12.4 Å². The fraction of sp³-hybridized carbons (Fsp3) is 0.0500. The fourth-order valence-corrected chi connectivity index (χ4v) is 2.50. The number of aromatic nitrogens is 5. The van der Waals surface area contributed by atoms with Crippen LogP contribution < -0.4 is 10.1 Å². The van der Waals surface area contributed by atoms with E-state index in [9.17, 15) is 9.18 Å². The molecule has 0 fully saturated rings. The number of carbonyl (C=O) groups excluding carboxylic acids is 1. The van der Waals surface area contributed by atoms with Gasteiger partial charge in [0.2, 0.25) is 0 Å². The smallest absolute Gasteiger partial charge is 0.279 e. The summed E-state index contributed by atoms with van der Waals surface area (Å²) in [6, 6.07) is 12.8. The molecule has 0 saturated heterocycles. The van der Waals surface area contributed by atoms with Gasteiger partial charge in [0.15, 0.2) is 17.3 Å². The number of rotatable bonds is 6. The Morgan fingerprint density at radius 1 is 1.07 bits per heavy atom. The van der Waals surface area contributed by atoms with Crippen molar-refractivity contribution in [1.29, 1.82) is 0 Å². The molecular weight excluding hydrogens is 375 g/mol. The molecule has 9 heteroatoms. The predicted molar refractivity (Wildman–Crippen MR) is 102 cm³/mol. The molecule has 1 amide bonds. The first kappa shape index (κ1) is 18.2. The van der Waals surface area contributed by atoms with Crippen molar-refractivity contribution in [1.82, 2.24) is 25.0 Å². The van der Waals surface area contributed by atoms with E-state index in [1.807, 2.05) is 12.1 Å². The molecule has 3 aromatic heterocycles. The largest absolute Gasteiger partial charge is 0.485 e. The van der Waals surface area contributed by atoms with Gasteiger partial charge in [-0.3, -0.25) is 9.78 Å². The maximum absolute atomic E-state index is 13.1. The molecule has 3 heterocycles. The predicted octanol–water partition coefficient (Wildman–Crippen LogP) is 3.03. The number of amides is 1. The molecule has 0 atom stereocenters. The third kappa shape index (κ3) is 4.41. The van der Waals surface area contributed by atoms with Gasteiger partial charge in [0.05, 0.1) is 11.9 Å². The van der Waals surface area contributed by atoms with Gasteiger partial charge in [-0.1, -0.05) is 5.21 Å². The van der Waals surface area contributed by atoms with Crippen LogP contribution in [0.4, 0.5) is 10.2 Å². The second-order valence-corrected chi connectivity index (χ2v) is 5.97. The second kappa shape index (κ2) is 8.26. The molecule has 0 bridgehead atoms. The van der Waals surface area contributed by atoms with Crippen molar-refractivity contribution in [2.45, 2.75) is 6.61 Å². The fourth-order valence-electron chi connectivity index (χ4n) is 2.50. The van der Waals surface area contributed by atoms with Crippen LogP contribution >= 0.6 is 0 Å². The maximum atomic E-state index is 13.1. The van der Waals surface area contributed by atoms with E-state index in [-0.39, 0.29) is 17.3 Å². The lowest BCUT2D eigenvalue weighted by Gasteiger charge is -2.10. The molecule has 0 aliphatic rings. The Morgan fingerprint density at radius 2 is 1.86 bits per heavy atom. The molecule has 0 saturated carbocycles. The zero-order chi connectivity index (χ0) is 20.1. The molecule has 1 aromatic carbocycles. The van der Waals surface area contributed by atoms with E-state index >= 15 is 0 Å². The average molecular weight is 390 g/mol. The van der Waals surface area contributed by atoms with Crippen molar-refractivity contribution in [3.63, 3.8) is 0 Å². The number of nitrogens with one attached hydrogen (secondary N) is 1. The van der Waals surface area contributed by atoms with Gasteiger partial charge in [-0.25, -0.2) is 14.1 Å². The van der Waals surface area contributed by atoms with Crippen molar-refractivity contribution in [3.05, 3.63) is 90.4 Å². The normalized spacial score (nSPS) is 10.5. The monoisotopic (exact) mass is 390 g/mol. The highest BCUT2D eigenvalue weighted by molar-refractivity contribution is 6.02. The second-order valence-electron chi connectivity index (χ2n) is 5.97. The molecule has 4 aromatic rings. The van der Waals surface area contributed by atoms with E-state index in [1.165, 1.54) is 35.1 Å². The number of hydrogen-bond acceptors (Lipinski definition) is 6. The summed E-state index contributed by atoms with van der Waals surface area (Å²) in [5.41, 5.74) is 1.60. The Bertz CT molecular complexity index is 1120. The minimum atomic E-state index is -0.495. The topological polar surface area (TPSA) is 94.8 Å². The number of hydrogen-bond donors (Lipinski definition) is 1. The summed E-state index contributed by atoms with van der Waals surface area (Å²) >= 11 is 0. The van der Waals surface area contributed by atoms with Crippen LogP contribution in [0.2, 0.25) is 0 Å². The van der Waals surface area contributed by atoms with Crippen LogP contribution in [0.25, 0.3) is 5.69 Å². The van der Waals surface area contributed by atoms with Crippen LogP contribution in [0.15, 0.2) is 73.3 Å². The third-order valence-corrected chi connectivity index (χ3v) is 3.96. The van der Waals surface area contributed by atoms with Crippen molar-refractivity contribution in [3.8, 4) is 11.4 Å². The van der Waals surface area contributed by atoms with Crippen LogP contribution in [0.5, 0.6) is 5.75 Å². The van der Waals surface area contributed by atoms with Crippen molar-refractivity contribution >= 4 is 11.7 Å². The quantitative estimate of drug-likeness (QED) is 0.544. The SMILES string of the molecule is O=C(Nc1ncccc1OCc1ccncc1)c1cn(-c2ccc(F)cc2)nn1. The van der Waals surface area contributed by atoms with Gasteiger partial charge < -0.3 is 10.1 Å². The molecule has 0 radical (unpaired) electrons. The Balaban J connectivity index is 1.47. The molecule has 0 aliphatic carbocycles. The third-order valence-electron chi connectivity index (χ3n) is 3.96. The highest BCUT2D eigenvalue weighted by atomic mass is 19.1. The number of benzene rings is 1. The first-order valence-corrected chi connectivity index (χ1v) is 8.65. The minimum Gasteiger partial charge on any atom is -0.485 e. The zero-order valence-electron chi connectivity index (χ0n) is 15.1. The molecule has 144 valence electrons. The first-order valence-electron chi connectivity index (χ1n) is 8.65. The van der Waals surface area contributed by atoms with Crippen LogP contribution in [-0.2, 0) is 6.61 Å². The summed E-state index contributed by atoms with van der Waals surface area (Å²) in [6.45, 7) is 0.303. The number of carbonyl (C=O) groups is 1. The number of pyridine rings is 2. The molecule has 0 spiro atoms. The van der Waals surface area contributed by atoms with Crippen molar-refractivity contribution in [2.75, 3.05) is 5.32 Å². The summed E-state index contributed by atoms with van der Waals surface area (Å²) in [6.07, 6.45) is 6.34. The maximum Gasteiger partial charge on any atom is 0.279 e. The van der Waals surface area contributed by atoms with E-state index in [2.05, 4.69) is 25.6 Å². The van der Waals surface area contributed by atoms with Crippen LogP contribution in [0.3, 0.4) is 0 Å². The highest BCUT2D eigenvalue weighted by Gasteiger charge is 2.15. The molecule has 29 heavy (non-hydrogen) atoms. The van der Waals surface area contributed by atoms with E-state index in [1.54, 1.807) is 30.7 Å². The minimum absolute atomic E-state index is 0.0834. The van der Waals surface area contributed by atoms with Gasteiger partial charge in [-0.2, -0.15) is 0 Å². The van der Waals surface area contributed by atoms with Crippen molar-refractivity contribution in [2.24, 2.45) is 0 Å². The molecular formula is C20H15FN6O2.